The minimum atomic E-state index is -0.103. The zero-order valence-electron chi connectivity index (χ0n) is 18.9. The number of benzene rings is 2. The fourth-order valence-electron chi connectivity index (χ4n) is 5.31. The first-order valence-corrected chi connectivity index (χ1v) is 11.5. The molecule has 0 amide bonds. The maximum absolute atomic E-state index is 5.78. The van der Waals surface area contributed by atoms with E-state index in [0.29, 0.717) is 0 Å². The number of ether oxygens (including phenoxy) is 1. The Labute approximate surface area is 181 Å². The molecule has 2 aromatic rings. The minimum Gasteiger partial charge on any atom is -0.496 e. The molecule has 2 aromatic carbocycles. The van der Waals surface area contributed by atoms with Crippen LogP contribution >= 0.6 is 0 Å². The molecular weight excluding hydrogens is 370 g/mol. The Kier molecular flexibility index (Phi) is 5.03. The van der Waals surface area contributed by atoms with Crippen molar-refractivity contribution in [2.45, 2.75) is 45.6 Å². The fourth-order valence-corrected chi connectivity index (χ4v) is 5.31. The van der Waals surface area contributed by atoms with Crippen molar-refractivity contribution in [1.29, 1.82) is 0 Å². The Morgan fingerprint density at radius 2 is 1.73 bits per heavy atom. The van der Waals surface area contributed by atoms with Crippen molar-refractivity contribution in [1.82, 2.24) is 9.80 Å². The highest BCUT2D eigenvalue weighted by molar-refractivity contribution is 5.78. The van der Waals surface area contributed by atoms with Crippen molar-refractivity contribution >= 4 is 11.4 Å². The van der Waals surface area contributed by atoms with Crippen LogP contribution in [0.2, 0.25) is 0 Å². The lowest BCUT2D eigenvalue weighted by Gasteiger charge is -2.38. The molecule has 1 N–H and O–H groups in total. The van der Waals surface area contributed by atoms with E-state index in [9.17, 15) is 0 Å². The van der Waals surface area contributed by atoms with Crippen LogP contribution in [0.5, 0.6) is 5.75 Å². The highest BCUT2D eigenvalue weighted by atomic mass is 16.5. The van der Waals surface area contributed by atoms with Gasteiger partial charge in [0.05, 0.1) is 7.11 Å². The summed E-state index contributed by atoms with van der Waals surface area (Å²) >= 11 is 0. The molecule has 1 aliphatic carbocycles. The highest BCUT2D eigenvalue weighted by Gasteiger charge is 2.36. The summed E-state index contributed by atoms with van der Waals surface area (Å²) in [7, 11) is 1.78. The molecule has 2 aliphatic heterocycles. The SMILES string of the molecule is COc1cc(C)cc2c1C(C)(C)c1cc(CN3CCN(CC4CC4)CC3)ccc1N2. The molecule has 0 aromatic heterocycles. The smallest absolute Gasteiger partial charge is 0.125 e. The molecule has 1 saturated heterocycles. The molecule has 160 valence electrons. The van der Waals surface area contributed by atoms with Gasteiger partial charge in [-0.15, -0.1) is 0 Å². The van der Waals surface area contributed by atoms with Crippen LogP contribution in [-0.4, -0.2) is 49.6 Å². The van der Waals surface area contributed by atoms with Crippen molar-refractivity contribution in [3.8, 4) is 5.75 Å². The zero-order valence-corrected chi connectivity index (χ0v) is 18.9. The summed E-state index contributed by atoms with van der Waals surface area (Å²) in [5.74, 6) is 1.97. The Morgan fingerprint density at radius 1 is 1.00 bits per heavy atom. The average molecular weight is 406 g/mol. The van der Waals surface area contributed by atoms with E-state index >= 15 is 0 Å². The van der Waals surface area contributed by atoms with Gasteiger partial charge in [-0.25, -0.2) is 0 Å². The van der Waals surface area contributed by atoms with Crippen LogP contribution in [0.1, 0.15) is 48.9 Å². The van der Waals surface area contributed by atoms with Gasteiger partial charge in [-0.3, -0.25) is 4.90 Å². The molecule has 0 radical (unpaired) electrons. The number of rotatable bonds is 5. The van der Waals surface area contributed by atoms with Gasteiger partial charge in [0.25, 0.3) is 0 Å². The summed E-state index contributed by atoms with van der Waals surface area (Å²) in [6.07, 6.45) is 2.90. The largest absolute Gasteiger partial charge is 0.496 e. The zero-order chi connectivity index (χ0) is 20.9. The summed E-state index contributed by atoms with van der Waals surface area (Å²) < 4.78 is 5.78. The number of nitrogens with zero attached hydrogens (tertiary/aromatic N) is 2. The average Bonchev–Trinajstić information content (AvgIpc) is 3.53. The molecule has 2 fully saturated rings. The van der Waals surface area contributed by atoms with Crippen LogP contribution in [0, 0.1) is 12.8 Å². The Morgan fingerprint density at radius 3 is 2.43 bits per heavy atom. The third kappa shape index (κ3) is 3.72. The van der Waals surface area contributed by atoms with Crippen molar-refractivity contribution in [2.24, 2.45) is 5.92 Å². The van der Waals surface area contributed by atoms with Crippen LogP contribution in [-0.2, 0) is 12.0 Å². The molecule has 30 heavy (non-hydrogen) atoms. The van der Waals surface area contributed by atoms with Crippen molar-refractivity contribution < 1.29 is 4.74 Å². The van der Waals surface area contributed by atoms with Gasteiger partial charge in [0.15, 0.2) is 0 Å². The monoisotopic (exact) mass is 405 g/mol. The number of methoxy groups -OCH3 is 1. The van der Waals surface area contributed by atoms with E-state index in [0.717, 1.165) is 18.2 Å². The summed E-state index contributed by atoms with van der Waals surface area (Å²) in [5, 5.41) is 3.67. The molecule has 1 saturated carbocycles. The number of hydrogen-bond donors (Lipinski definition) is 1. The van der Waals surface area contributed by atoms with Crippen molar-refractivity contribution in [2.75, 3.05) is 45.2 Å². The first-order chi connectivity index (χ1) is 14.4. The number of aryl methyl sites for hydroxylation is 1. The van der Waals surface area contributed by atoms with Crippen LogP contribution < -0.4 is 10.1 Å². The van der Waals surface area contributed by atoms with E-state index in [-0.39, 0.29) is 5.41 Å². The van der Waals surface area contributed by atoms with Gasteiger partial charge >= 0.3 is 0 Å². The van der Waals surface area contributed by atoms with E-state index in [4.69, 9.17) is 4.74 Å². The van der Waals surface area contributed by atoms with Crippen LogP contribution in [0.15, 0.2) is 30.3 Å². The van der Waals surface area contributed by atoms with Gasteiger partial charge in [0.2, 0.25) is 0 Å². The lowest BCUT2D eigenvalue weighted by molar-refractivity contribution is 0.123. The van der Waals surface area contributed by atoms with Crippen molar-refractivity contribution in [3.05, 3.63) is 52.6 Å². The highest BCUT2D eigenvalue weighted by Crippen LogP contribution is 2.49. The molecule has 3 aliphatic rings. The molecule has 5 rings (SSSR count). The molecule has 0 bridgehead atoms. The second-order valence-corrected chi connectivity index (χ2v) is 10.0. The van der Waals surface area contributed by atoms with Gasteiger partial charge in [-0.1, -0.05) is 26.0 Å². The lowest BCUT2D eigenvalue weighted by Crippen LogP contribution is -2.46. The minimum absolute atomic E-state index is 0.103. The topological polar surface area (TPSA) is 27.7 Å². The van der Waals surface area contributed by atoms with Crippen LogP contribution in [0.25, 0.3) is 0 Å². The van der Waals surface area contributed by atoms with Crippen LogP contribution in [0.4, 0.5) is 11.4 Å². The normalized spacial score (nSPS) is 20.9. The van der Waals surface area contributed by atoms with E-state index in [1.165, 1.54) is 79.2 Å². The summed E-state index contributed by atoms with van der Waals surface area (Å²) in [5.41, 5.74) is 7.54. The number of fused-ring (bicyclic) bond motifs is 2. The van der Waals surface area contributed by atoms with E-state index in [2.05, 4.69) is 66.2 Å². The number of anilines is 2. The molecule has 0 unspecified atom stereocenters. The quantitative estimate of drug-likeness (QED) is 0.765. The first kappa shape index (κ1) is 19.9. The lowest BCUT2D eigenvalue weighted by atomic mass is 9.73. The third-order valence-corrected chi connectivity index (χ3v) is 7.20. The Bertz CT molecular complexity index is 940. The standard InChI is InChI=1S/C26H35N3O/c1-18-13-23-25(24(14-18)30-4)26(2,3)21-15-20(7-8-22(21)27-23)17-29-11-9-28(10-12-29)16-19-5-6-19/h7-8,13-15,19,27H,5-6,9-12,16-17H2,1-4H3. The molecule has 0 atom stereocenters. The number of nitrogens with one attached hydrogen (secondary N) is 1. The first-order valence-electron chi connectivity index (χ1n) is 11.5. The Hall–Kier alpha value is -2.04. The maximum Gasteiger partial charge on any atom is 0.125 e. The Balaban J connectivity index is 1.35. The predicted molar refractivity (Wildman–Crippen MR) is 124 cm³/mol. The van der Waals surface area contributed by atoms with Crippen molar-refractivity contribution in [3.63, 3.8) is 0 Å². The second kappa shape index (κ2) is 7.58. The maximum atomic E-state index is 5.78. The predicted octanol–water partition coefficient (Wildman–Crippen LogP) is 4.91. The molecule has 2 heterocycles. The van der Waals surface area contributed by atoms with Gasteiger partial charge < -0.3 is 15.0 Å². The van der Waals surface area contributed by atoms with Gasteiger partial charge in [0, 0.05) is 61.6 Å². The van der Waals surface area contributed by atoms with Gasteiger partial charge in [-0.2, -0.15) is 0 Å². The molecule has 0 spiro atoms. The van der Waals surface area contributed by atoms with Gasteiger partial charge in [0.1, 0.15) is 5.75 Å². The number of piperazine rings is 1. The summed E-state index contributed by atoms with van der Waals surface area (Å²) in [4.78, 5) is 5.28. The van der Waals surface area contributed by atoms with E-state index in [1.54, 1.807) is 7.11 Å². The van der Waals surface area contributed by atoms with E-state index < -0.39 is 0 Å². The fraction of sp³-hybridized carbons (Fsp3) is 0.538. The molecular formula is C26H35N3O. The summed E-state index contributed by atoms with van der Waals surface area (Å²) in [6, 6.07) is 11.4. The second-order valence-electron chi connectivity index (χ2n) is 10.0. The van der Waals surface area contributed by atoms with E-state index in [1.807, 2.05) is 0 Å². The van der Waals surface area contributed by atoms with Gasteiger partial charge in [-0.05, 0) is 60.6 Å². The summed E-state index contributed by atoms with van der Waals surface area (Å²) in [6.45, 7) is 13.9. The number of hydrogen-bond acceptors (Lipinski definition) is 4. The van der Waals surface area contributed by atoms with Crippen LogP contribution in [0.3, 0.4) is 0 Å². The third-order valence-electron chi connectivity index (χ3n) is 7.20. The molecule has 4 nitrogen and oxygen atoms in total. The molecule has 4 heteroatoms.